The third kappa shape index (κ3) is 2.74. The first-order valence-electron chi connectivity index (χ1n) is 8.18. The minimum absolute atomic E-state index is 0.142. The number of aromatic nitrogens is 1. The molecular weight excluding hydrogens is 314 g/mol. The number of hydrogen-bond donors (Lipinski definition) is 1. The summed E-state index contributed by atoms with van der Waals surface area (Å²) in [5.41, 5.74) is 2.63. The summed E-state index contributed by atoms with van der Waals surface area (Å²) in [6.07, 6.45) is 0.509. The van der Waals surface area contributed by atoms with Gasteiger partial charge in [-0.3, -0.25) is 14.5 Å². The number of rotatable bonds is 2. The van der Waals surface area contributed by atoms with E-state index in [4.69, 9.17) is 0 Å². The minimum atomic E-state index is -0.553. The minimum Gasteiger partial charge on any atom is -0.309 e. The fourth-order valence-electron chi connectivity index (χ4n) is 3.33. The second-order valence-corrected chi connectivity index (χ2v) is 6.12. The summed E-state index contributed by atoms with van der Waals surface area (Å²) >= 11 is 0. The van der Waals surface area contributed by atoms with Crippen molar-refractivity contribution in [3.8, 4) is 0 Å². The number of nitrogens with zero attached hydrogens (tertiary/aromatic N) is 2. The van der Waals surface area contributed by atoms with Gasteiger partial charge in [-0.05, 0) is 29.8 Å². The van der Waals surface area contributed by atoms with Crippen molar-refractivity contribution in [2.24, 2.45) is 0 Å². The number of carbonyl (C=O) groups is 2. The third-order valence-corrected chi connectivity index (χ3v) is 4.47. The van der Waals surface area contributed by atoms with Crippen molar-refractivity contribution in [3.05, 3.63) is 66.2 Å². The number of pyridine rings is 1. The zero-order chi connectivity index (χ0) is 17.4. The number of nitrogens with one attached hydrogen (secondary N) is 1. The zero-order valence-electron chi connectivity index (χ0n) is 13.8. The first kappa shape index (κ1) is 15.3. The molecule has 1 aliphatic rings. The van der Waals surface area contributed by atoms with Crippen LogP contribution < -0.4 is 10.2 Å². The zero-order valence-corrected chi connectivity index (χ0v) is 13.8. The Bertz CT molecular complexity index is 983. The number of fused-ring (bicyclic) bond motifs is 2. The van der Waals surface area contributed by atoms with Crippen molar-refractivity contribution in [3.63, 3.8) is 0 Å². The van der Waals surface area contributed by atoms with Crippen molar-refractivity contribution in [1.29, 1.82) is 0 Å². The highest BCUT2D eigenvalue weighted by molar-refractivity contribution is 6.06. The molecule has 2 aromatic carbocycles. The Morgan fingerprint density at radius 2 is 1.80 bits per heavy atom. The normalized spacial score (nSPS) is 15.9. The molecule has 3 aromatic rings. The Morgan fingerprint density at radius 3 is 2.64 bits per heavy atom. The summed E-state index contributed by atoms with van der Waals surface area (Å²) in [5.74, 6) is 0.119. The predicted octanol–water partition coefficient (Wildman–Crippen LogP) is 3.15. The van der Waals surface area contributed by atoms with Gasteiger partial charge < -0.3 is 5.32 Å². The number of carbonyl (C=O) groups excluding carboxylic acids is 2. The van der Waals surface area contributed by atoms with Crippen LogP contribution in [0.4, 0.5) is 11.5 Å². The van der Waals surface area contributed by atoms with Gasteiger partial charge in [0.15, 0.2) is 0 Å². The van der Waals surface area contributed by atoms with Crippen molar-refractivity contribution >= 4 is 34.2 Å². The van der Waals surface area contributed by atoms with Gasteiger partial charge in [-0.2, -0.15) is 0 Å². The molecule has 0 saturated heterocycles. The van der Waals surface area contributed by atoms with Gasteiger partial charge in [-0.15, -0.1) is 0 Å². The fourth-order valence-corrected chi connectivity index (χ4v) is 3.33. The standard InChI is InChI=1S/C20H17N3O2/c1-13(24)23-17-9-5-3-7-15(17)12-18(23)20(25)22-19-11-10-14-6-2-4-8-16(14)21-19/h2-11,18H,12H2,1H3,(H,21,22,25)/t18-/m0/s1. The van der Waals surface area contributed by atoms with Crippen LogP contribution in [0.25, 0.3) is 10.9 Å². The van der Waals surface area contributed by atoms with Crippen LogP contribution in [0.5, 0.6) is 0 Å². The van der Waals surface area contributed by atoms with Crippen LogP contribution in [-0.4, -0.2) is 22.8 Å². The van der Waals surface area contributed by atoms with Crippen LogP contribution in [-0.2, 0) is 16.0 Å². The quantitative estimate of drug-likeness (QED) is 0.784. The molecule has 5 heteroatoms. The summed E-state index contributed by atoms with van der Waals surface area (Å²) in [4.78, 5) is 30.9. The number of amides is 2. The van der Waals surface area contributed by atoms with Gasteiger partial charge in [0.05, 0.1) is 5.52 Å². The van der Waals surface area contributed by atoms with Gasteiger partial charge in [0, 0.05) is 24.4 Å². The lowest BCUT2D eigenvalue weighted by Gasteiger charge is -2.23. The van der Waals surface area contributed by atoms with Crippen molar-refractivity contribution < 1.29 is 9.59 Å². The Balaban J connectivity index is 1.61. The molecule has 0 fully saturated rings. The van der Waals surface area contributed by atoms with Crippen LogP contribution in [0.3, 0.4) is 0 Å². The van der Waals surface area contributed by atoms with E-state index in [-0.39, 0.29) is 11.8 Å². The number of hydrogen-bond acceptors (Lipinski definition) is 3. The van der Waals surface area contributed by atoms with Gasteiger partial charge in [-0.1, -0.05) is 36.4 Å². The van der Waals surface area contributed by atoms with E-state index >= 15 is 0 Å². The van der Waals surface area contributed by atoms with Crippen LogP contribution in [0, 0.1) is 0 Å². The van der Waals surface area contributed by atoms with Crippen LogP contribution in [0.1, 0.15) is 12.5 Å². The van der Waals surface area contributed by atoms with Crippen LogP contribution >= 0.6 is 0 Å². The number of para-hydroxylation sites is 2. The number of benzene rings is 2. The van der Waals surface area contributed by atoms with Crippen molar-refractivity contribution in [1.82, 2.24) is 4.98 Å². The molecule has 2 amide bonds. The van der Waals surface area contributed by atoms with E-state index in [1.807, 2.05) is 54.6 Å². The Hall–Kier alpha value is -3.21. The van der Waals surface area contributed by atoms with Crippen LogP contribution in [0.15, 0.2) is 60.7 Å². The first-order valence-corrected chi connectivity index (χ1v) is 8.18. The summed E-state index contributed by atoms with van der Waals surface area (Å²) in [6.45, 7) is 1.48. The highest BCUT2D eigenvalue weighted by atomic mass is 16.2. The molecule has 1 aromatic heterocycles. The van der Waals surface area contributed by atoms with E-state index < -0.39 is 6.04 Å². The molecule has 0 unspecified atom stereocenters. The van der Waals surface area contributed by atoms with Crippen molar-refractivity contribution in [2.75, 3.05) is 10.2 Å². The molecule has 25 heavy (non-hydrogen) atoms. The van der Waals surface area contributed by atoms with E-state index in [2.05, 4.69) is 10.3 Å². The summed E-state index contributed by atoms with van der Waals surface area (Å²) in [7, 11) is 0. The van der Waals surface area contributed by atoms with E-state index in [1.54, 1.807) is 11.0 Å². The monoisotopic (exact) mass is 331 g/mol. The molecular formula is C20H17N3O2. The highest BCUT2D eigenvalue weighted by Crippen LogP contribution is 2.32. The lowest BCUT2D eigenvalue weighted by molar-refractivity contribution is -0.122. The molecule has 0 radical (unpaired) electrons. The third-order valence-electron chi connectivity index (χ3n) is 4.47. The Kier molecular flexibility index (Phi) is 3.69. The molecule has 0 aliphatic carbocycles. The SMILES string of the molecule is CC(=O)N1c2ccccc2C[C@H]1C(=O)Nc1ccc2ccccc2n1. The second-order valence-electron chi connectivity index (χ2n) is 6.12. The topological polar surface area (TPSA) is 62.3 Å². The van der Waals surface area contributed by atoms with E-state index in [0.717, 1.165) is 22.2 Å². The molecule has 0 bridgehead atoms. The van der Waals surface area contributed by atoms with Gasteiger partial charge in [0.2, 0.25) is 11.8 Å². The maximum atomic E-state index is 12.8. The maximum Gasteiger partial charge on any atom is 0.249 e. The van der Waals surface area contributed by atoms with Crippen molar-refractivity contribution in [2.45, 2.75) is 19.4 Å². The summed E-state index contributed by atoms with van der Waals surface area (Å²) < 4.78 is 0. The lowest BCUT2D eigenvalue weighted by Crippen LogP contribution is -2.44. The Labute approximate surface area is 145 Å². The largest absolute Gasteiger partial charge is 0.309 e. The summed E-state index contributed by atoms with van der Waals surface area (Å²) in [5, 5.41) is 3.86. The molecule has 0 spiro atoms. The molecule has 2 heterocycles. The van der Waals surface area contributed by atoms with E-state index in [0.29, 0.717) is 12.2 Å². The second kappa shape index (κ2) is 6.02. The summed E-state index contributed by atoms with van der Waals surface area (Å²) in [6, 6.07) is 18.5. The molecule has 4 rings (SSSR count). The van der Waals surface area contributed by atoms with Gasteiger partial charge >= 0.3 is 0 Å². The molecule has 124 valence electrons. The fraction of sp³-hybridized carbons (Fsp3) is 0.150. The van der Waals surface area contributed by atoms with E-state index in [9.17, 15) is 9.59 Å². The predicted molar refractivity (Wildman–Crippen MR) is 97.5 cm³/mol. The number of anilines is 2. The average Bonchev–Trinajstić information content (AvgIpc) is 3.01. The van der Waals surface area contributed by atoms with E-state index in [1.165, 1.54) is 6.92 Å². The lowest BCUT2D eigenvalue weighted by atomic mass is 10.1. The first-order chi connectivity index (χ1) is 12.1. The smallest absolute Gasteiger partial charge is 0.249 e. The molecule has 1 aliphatic heterocycles. The van der Waals surface area contributed by atoms with Gasteiger partial charge in [0.25, 0.3) is 0 Å². The molecule has 1 N–H and O–H groups in total. The maximum absolute atomic E-state index is 12.8. The molecule has 0 saturated carbocycles. The Morgan fingerprint density at radius 1 is 1.04 bits per heavy atom. The van der Waals surface area contributed by atoms with Gasteiger partial charge in [-0.25, -0.2) is 4.98 Å². The van der Waals surface area contributed by atoms with Gasteiger partial charge in [0.1, 0.15) is 11.9 Å². The average molecular weight is 331 g/mol. The molecule has 1 atom stereocenters. The molecule has 5 nitrogen and oxygen atoms in total. The highest BCUT2D eigenvalue weighted by Gasteiger charge is 2.36. The van der Waals surface area contributed by atoms with Crippen LogP contribution in [0.2, 0.25) is 0 Å².